The Morgan fingerprint density at radius 2 is 2.33 bits per heavy atom. The lowest BCUT2D eigenvalue weighted by atomic mass is 10.2. The summed E-state index contributed by atoms with van der Waals surface area (Å²) >= 11 is 1.14. The summed E-state index contributed by atoms with van der Waals surface area (Å²) in [4.78, 5) is 25.7. The van der Waals surface area contributed by atoms with Gasteiger partial charge in [-0.15, -0.1) is 11.3 Å². The monoisotopic (exact) mass is 308 g/mol. The maximum atomic E-state index is 11.3. The van der Waals surface area contributed by atoms with Crippen LogP contribution < -0.4 is 16.0 Å². The highest BCUT2D eigenvalue weighted by molar-refractivity contribution is 7.11. The summed E-state index contributed by atoms with van der Waals surface area (Å²) in [5.74, 6) is 4.95. The minimum Gasteiger partial charge on any atom is -0.487 e. The third-order valence-electron chi connectivity index (χ3n) is 2.70. The van der Waals surface area contributed by atoms with Crippen LogP contribution >= 0.6 is 11.3 Å². The van der Waals surface area contributed by atoms with Crippen LogP contribution in [-0.2, 0) is 6.61 Å². The van der Waals surface area contributed by atoms with Crippen molar-refractivity contribution in [2.75, 3.05) is 0 Å². The van der Waals surface area contributed by atoms with Crippen LogP contribution in [0.4, 0.5) is 5.69 Å². The summed E-state index contributed by atoms with van der Waals surface area (Å²) in [7, 11) is 0. The quantitative estimate of drug-likeness (QED) is 0.374. The molecule has 1 aromatic heterocycles. The molecular weight excluding hydrogens is 296 g/mol. The lowest BCUT2D eigenvalue weighted by Crippen LogP contribution is -2.29. The number of hydrogen-bond acceptors (Lipinski definition) is 7. The van der Waals surface area contributed by atoms with Crippen LogP contribution in [0.5, 0.6) is 5.75 Å². The highest BCUT2D eigenvalue weighted by Crippen LogP contribution is 2.27. The molecule has 1 aromatic carbocycles. The fraction of sp³-hybridized carbons (Fsp3) is 0.167. The number of hydrazine groups is 1. The van der Waals surface area contributed by atoms with Gasteiger partial charge in [-0.05, 0) is 13.0 Å². The number of rotatable bonds is 5. The Morgan fingerprint density at radius 3 is 3.00 bits per heavy atom. The smallest absolute Gasteiger partial charge is 0.294 e. The lowest BCUT2D eigenvalue weighted by molar-refractivity contribution is -0.385. The second-order valence-corrected chi connectivity index (χ2v) is 4.92. The maximum Gasteiger partial charge on any atom is 0.294 e. The molecule has 8 nitrogen and oxygen atoms in total. The summed E-state index contributed by atoms with van der Waals surface area (Å²) < 4.78 is 5.52. The Bertz CT molecular complexity index is 686. The molecule has 21 heavy (non-hydrogen) atoms. The number of carbonyl (C=O) groups excluding carboxylic acids is 1. The van der Waals surface area contributed by atoms with Crippen molar-refractivity contribution < 1.29 is 14.5 Å². The van der Waals surface area contributed by atoms with Crippen molar-refractivity contribution in [1.82, 2.24) is 10.4 Å². The van der Waals surface area contributed by atoms with E-state index in [1.165, 1.54) is 6.07 Å². The predicted molar refractivity (Wildman–Crippen MR) is 75.9 cm³/mol. The number of nitrogens with one attached hydrogen (secondary N) is 1. The first-order chi connectivity index (χ1) is 10.0. The number of thiazole rings is 1. The van der Waals surface area contributed by atoms with Crippen molar-refractivity contribution in [1.29, 1.82) is 0 Å². The van der Waals surface area contributed by atoms with E-state index in [2.05, 4.69) is 4.98 Å². The second-order valence-electron chi connectivity index (χ2n) is 4.06. The summed E-state index contributed by atoms with van der Waals surface area (Å²) in [5, 5.41) is 12.7. The van der Waals surface area contributed by atoms with Crippen molar-refractivity contribution in [3.63, 3.8) is 0 Å². The summed E-state index contributed by atoms with van der Waals surface area (Å²) in [6, 6.07) is 4.60. The number of ether oxygens (including phenoxy) is 1. The summed E-state index contributed by atoms with van der Waals surface area (Å²) in [6.45, 7) is 1.72. The Labute approximate surface area is 123 Å². The largest absolute Gasteiger partial charge is 0.487 e. The van der Waals surface area contributed by atoms with Gasteiger partial charge >= 0.3 is 0 Å². The minimum atomic E-state index is -0.474. The predicted octanol–water partition coefficient (Wildman–Crippen LogP) is 1.54. The Kier molecular flexibility index (Phi) is 4.45. The standard InChI is InChI=1S/C12H12N4O4S/c1-7-9(16(18)19)3-2-4-10(7)20-5-8-6-21-12(14-8)11(17)15-13/h2-4,6H,5,13H2,1H3,(H,15,17). The molecule has 9 heteroatoms. The van der Waals surface area contributed by atoms with E-state index in [1.807, 2.05) is 5.43 Å². The van der Waals surface area contributed by atoms with Crippen LogP contribution in [0.25, 0.3) is 0 Å². The molecule has 2 rings (SSSR count). The van der Waals surface area contributed by atoms with Crippen LogP contribution in [0.2, 0.25) is 0 Å². The van der Waals surface area contributed by atoms with Gasteiger partial charge in [-0.2, -0.15) is 0 Å². The van der Waals surface area contributed by atoms with Crippen molar-refractivity contribution >= 4 is 22.9 Å². The van der Waals surface area contributed by atoms with Gasteiger partial charge in [-0.1, -0.05) is 6.07 Å². The van der Waals surface area contributed by atoms with E-state index in [-0.39, 0.29) is 17.3 Å². The van der Waals surface area contributed by atoms with E-state index in [0.29, 0.717) is 17.0 Å². The fourth-order valence-electron chi connectivity index (χ4n) is 1.65. The van der Waals surface area contributed by atoms with Gasteiger partial charge in [0, 0.05) is 11.4 Å². The number of carbonyl (C=O) groups is 1. The molecule has 0 unspecified atom stereocenters. The second kappa shape index (κ2) is 6.29. The lowest BCUT2D eigenvalue weighted by Gasteiger charge is -2.07. The van der Waals surface area contributed by atoms with Gasteiger partial charge in [-0.25, -0.2) is 10.8 Å². The molecule has 110 valence electrons. The molecular formula is C12H12N4O4S. The van der Waals surface area contributed by atoms with Crippen molar-refractivity contribution in [3.8, 4) is 5.75 Å². The molecule has 0 bridgehead atoms. The zero-order valence-electron chi connectivity index (χ0n) is 11.0. The number of amides is 1. The highest BCUT2D eigenvalue weighted by Gasteiger charge is 2.15. The van der Waals surface area contributed by atoms with Gasteiger partial charge in [0.1, 0.15) is 12.4 Å². The van der Waals surface area contributed by atoms with Crippen LogP contribution in [-0.4, -0.2) is 15.8 Å². The van der Waals surface area contributed by atoms with E-state index in [0.717, 1.165) is 11.3 Å². The van der Waals surface area contributed by atoms with E-state index in [9.17, 15) is 14.9 Å². The SMILES string of the molecule is Cc1c(OCc2csc(C(=O)NN)n2)cccc1[N+](=O)[O-]. The third-order valence-corrected chi connectivity index (χ3v) is 3.59. The molecule has 0 aliphatic heterocycles. The fourth-order valence-corrected chi connectivity index (χ4v) is 2.35. The molecule has 0 radical (unpaired) electrons. The van der Waals surface area contributed by atoms with E-state index in [4.69, 9.17) is 10.6 Å². The zero-order chi connectivity index (χ0) is 15.4. The number of nitrogens with zero attached hydrogens (tertiary/aromatic N) is 2. The molecule has 0 saturated heterocycles. The number of aromatic nitrogens is 1. The molecule has 0 aliphatic rings. The van der Waals surface area contributed by atoms with Crippen LogP contribution in [0.1, 0.15) is 21.1 Å². The average Bonchev–Trinajstić information content (AvgIpc) is 2.94. The summed E-state index contributed by atoms with van der Waals surface area (Å²) in [5.41, 5.74) is 2.97. The van der Waals surface area contributed by atoms with E-state index in [1.54, 1.807) is 24.4 Å². The van der Waals surface area contributed by atoms with Gasteiger partial charge in [0.25, 0.3) is 11.6 Å². The molecule has 0 aliphatic carbocycles. The number of nitrogen functional groups attached to an aromatic ring is 1. The van der Waals surface area contributed by atoms with Gasteiger partial charge in [-0.3, -0.25) is 20.3 Å². The maximum absolute atomic E-state index is 11.3. The minimum absolute atomic E-state index is 0.00558. The first-order valence-electron chi connectivity index (χ1n) is 5.85. The molecule has 0 atom stereocenters. The molecule has 1 amide bonds. The van der Waals surface area contributed by atoms with E-state index < -0.39 is 10.8 Å². The van der Waals surface area contributed by atoms with Gasteiger partial charge in [0.15, 0.2) is 5.01 Å². The van der Waals surface area contributed by atoms with Crippen LogP contribution in [0.3, 0.4) is 0 Å². The van der Waals surface area contributed by atoms with Crippen molar-refractivity contribution in [3.05, 3.63) is 50.0 Å². The van der Waals surface area contributed by atoms with Gasteiger partial charge in [0.05, 0.1) is 16.2 Å². The normalized spacial score (nSPS) is 10.2. The third kappa shape index (κ3) is 3.33. The number of nitro benzene ring substituents is 1. The van der Waals surface area contributed by atoms with Crippen LogP contribution in [0, 0.1) is 17.0 Å². The van der Waals surface area contributed by atoms with Crippen molar-refractivity contribution in [2.45, 2.75) is 13.5 Å². The molecule has 0 fully saturated rings. The Morgan fingerprint density at radius 1 is 1.57 bits per heavy atom. The topological polar surface area (TPSA) is 120 Å². The number of nitro groups is 1. The zero-order valence-corrected chi connectivity index (χ0v) is 11.8. The Hall–Kier alpha value is -2.52. The highest BCUT2D eigenvalue weighted by atomic mass is 32.1. The number of nitrogens with two attached hydrogens (primary N) is 1. The van der Waals surface area contributed by atoms with Crippen LogP contribution in [0.15, 0.2) is 23.6 Å². The summed E-state index contributed by atoms with van der Waals surface area (Å²) in [6.07, 6.45) is 0. The van der Waals surface area contributed by atoms with Gasteiger partial charge in [0.2, 0.25) is 0 Å². The number of hydrogen-bond donors (Lipinski definition) is 2. The first kappa shape index (κ1) is 14.9. The molecule has 2 aromatic rings. The number of benzene rings is 1. The first-order valence-corrected chi connectivity index (χ1v) is 6.73. The van der Waals surface area contributed by atoms with Crippen molar-refractivity contribution in [2.24, 2.45) is 5.84 Å². The van der Waals surface area contributed by atoms with Gasteiger partial charge < -0.3 is 4.74 Å². The average molecular weight is 308 g/mol. The molecule has 0 spiro atoms. The Balaban J connectivity index is 2.10. The van der Waals surface area contributed by atoms with E-state index >= 15 is 0 Å². The molecule has 3 N–H and O–H groups in total. The molecule has 0 saturated carbocycles. The molecule has 1 heterocycles.